The van der Waals surface area contributed by atoms with Crippen molar-refractivity contribution in [1.29, 1.82) is 0 Å². The number of rotatable bonds is 6. The quantitative estimate of drug-likeness (QED) is 0.790. The molecule has 2 fully saturated rings. The van der Waals surface area contributed by atoms with Crippen LogP contribution in [0.5, 0.6) is 0 Å². The van der Waals surface area contributed by atoms with Crippen molar-refractivity contribution in [2.24, 2.45) is 17.8 Å². The van der Waals surface area contributed by atoms with Crippen LogP contribution in [0.1, 0.15) is 25.7 Å². The van der Waals surface area contributed by atoms with Gasteiger partial charge in [0.15, 0.2) is 0 Å². The molecule has 0 bridgehead atoms. The fraction of sp³-hybridized carbons (Fsp3) is 0.643. The third kappa shape index (κ3) is 2.71. The van der Waals surface area contributed by atoms with Gasteiger partial charge in [-0.3, -0.25) is 0 Å². The van der Waals surface area contributed by atoms with Gasteiger partial charge in [0, 0.05) is 31.5 Å². The smallest absolute Gasteiger partial charge is 0.127 e. The van der Waals surface area contributed by atoms with E-state index in [0.29, 0.717) is 0 Å². The lowest BCUT2D eigenvalue weighted by molar-refractivity contribution is 0.428. The van der Waals surface area contributed by atoms with Crippen LogP contribution in [0, 0.1) is 17.8 Å². The molecule has 0 atom stereocenters. The Bertz CT molecular complexity index is 371. The van der Waals surface area contributed by atoms with Crippen molar-refractivity contribution in [2.45, 2.75) is 25.7 Å². The molecule has 1 aromatic rings. The Morgan fingerprint density at radius 3 is 2.59 bits per heavy atom. The second-order valence-corrected chi connectivity index (χ2v) is 5.40. The van der Waals surface area contributed by atoms with Crippen molar-refractivity contribution < 1.29 is 0 Å². The molecule has 17 heavy (non-hydrogen) atoms. The Hall–Kier alpha value is -1.25. The molecule has 1 heterocycles. The van der Waals surface area contributed by atoms with Gasteiger partial charge in [0.05, 0.1) is 0 Å². The maximum atomic E-state index is 4.23. The summed E-state index contributed by atoms with van der Waals surface area (Å²) in [6.45, 7) is 1.14. The second kappa shape index (κ2) is 4.55. The van der Waals surface area contributed by atoms with Gasteiger partial charge in [-0.15, -0.1) is 0 Å². The molecule has 2 aliphatic carbocycles. The van der Waals surface area contributed by atoms with E-state index in [-0.39, 0.29) is 0 Å². The number of nitrogens with zero attached hydrogens (tertiary/aromatic N) is 1. The zero-order chi connectivity index (χ0) is 11.7. The van der Waals surface area contributed by atoms with Crippen molar-refractivity contribution >= 4 is 11.5 Å². The van der Waals surface area contributed by atoms with Crippen LogP contribution in [-0.4, -0.2) is 18.6 Å². The average molecular weight is 231 g/mol. The van der Waals surface area contributed by atoms with Crippen molar-refractivity contribution in [3.8, 4) is 0 Å². The van der Waals surface area contributed by atoms with E-state index in [2.05, 4.69) is 27.8 Å². The molecule has 3 heteroatoms. The number of hydrogen-bond donors (Lipinski definition) is 2. The lowest BCUT2D eigenvalue weighted by Gasteiger charge is -2.17. The predicted octanol–water partition coefficient (Wildman–Crippen LogP) is 2.97. The molecule has 2 N–H and O–H groups in total. The number of anilines is 2. The molecule has 0 saturated heterocycles. The summed E-state index contributed by atoms with van der Waals surface area (Å²) < 4.78 is 0. The van der Waals surface area contributed by atoms with E-state index in [4.69, 9.17) is 0 Å². The summed E-state index contributed by atoms with van der Waals surface area (Å²) >= 11 is 0. The van der Waals surface area contributed by atoms with E-state index in [9.17, 15) is 0 Å². The van der Waals surface area contributed by atoms with Crippen molar-refractivity contribution in [2.75, 3.05) is 24.2 Å². The molecular formula is C14H21N3. The first-order valence-corrected chi connectivity index (χ1v) is 6.74. The summed E-state index contributed by atoms with van der Waals surface area (Å²) in [5.74, 6) is 3.88. The summed E-state index contributed by atoms with van der Waals surface area (Å²) in [5, 5.41) is 6.66. The average Bonchev–Trinajstić information content (AvgIpc) is 3.22. The number of pyridine rings is 1. The Balaban J connectivity index is 1.58. The molecular weight excluding hydrogens is 210 g/mol. The minimum absolute atomic E-state index is 0.918. The molecule has 3 rings (SSSR count). The minimum atomic E-state index is 0.918. The maximum absolute atomic E-state index is 4.23. The molecule has 0 spiro atoms. The highest BCUT2D eigenvalue weighted by Gasteiger charge is 2.40. The van der Waals surface area contributed by atoms with Crippen LogP contribution in [0.2, 0.25) is 0 Å². The van der Waals surface area contributed by atoms with Gasteiger partial charge in [-0.2, -0.15) is 0 Å². The third-order valence-electron chi connectivity index (χ3n) is 4.01. The molecule has 0 aromatic carbocycles. The van der Waals surface area contributed by atoms with Crippen LogP contribution in [0.3, 0.4) is 0 Å². The lowest BCUT2D eigenvalue weighted by atomic mass is 9.98. The van der Waals surface area contributed by atoms with Gasteiger partial charge in [0.25, 0.3) is 0 Å². The topological polar surface area (TPSA) is 37.0 Å². The fourth-order valence-corrected chi connectivity index (χ4v) is 2.68. The fourth-order valence-electron chi connectivity index (χ4n) is 2.68. The highest BCUT2D eigenvalue weighted by Crippen LogP contribution is 2.49. The van der Waals surface area contributed by atoms with Gasteiger partial charge >= 0.3 is 0 Å². The van der Waals surface area contributed by atoms with Gasteiger partial charge in [0.1, 0.15) is 5.82 Å². The maximum Gasteiger partial charge on any atom is 0.127 e. The van der Waals surface area contributed by atoms with E-state index in [1.54, 1.807) is 0 Å². The van der Waals surface area contributed by atoms with E-state index < -0.39 is 0 Å². The Kier molecular flexibility index (Phi) is 2.91. The predicted molar refractivity (Wildman–Crippen MR) is 71.2 cm³/mol. The lowest BCUT2D eigenvalue weighted by Crippen LogP contribution is -2.18. The molecule has 0 radical (unpaired) electrons. The number of nitrogens with one attached hydrogen (secondary N) is 2. The first kappa shape index (κ1) is 10.9. The molecule has 0 aliphatic heterocycles. The SMILES string of the molecule is CNc1cc(NCC(C2CC2)C2CC2)ccn1. The first-order valence-electron chi connectivity index (χ1n) is 6.74. The standard InChI is InChI=1S/C14H21N3/c1-15-14-8-12(6-7-16-14)17-9-13(10-2-3-10)11-4-5-11/h6-8,10-11,13H,2-5,9H2,1H3,(H2,15,16,17). The summed E-state index contributed by atoms with van der Waals surface area (Å²) in [7, 11) is 1.91. The number of aromatic nitrogens is 1. The van der Waals surface area contributed by atoms with E-state index >= 15 is 0 Å². The highest BCUT2D eigenvalue weighted by atomic mass is 15.0. The second-order valence-electron chi connectivity index (χ2n) is 5.40. The normalized spacial score (nSPS) is 19.4. The van der Waals surface area contributed by atoms with Gasteiger partial charge in [-0.1, -0.05) is 0 Å². The van der Waals surface area contributed by atoms with Gasteiger partial charge in [-0.05, 0) is 49.5 Å². The van der Waals surface area contributed by atoms with Crippen LogP contribution in [0.4, 0.5) is 11.5 Å². The summed E-state index contributed by atoms with van der Waals surface area (Å²) in [4.78, 5) is 4.23. The number of hydrogen-bond acceptors (Lipinski definition) is 3. The van der Waals surface area contributed by atoms with Crippen molar-refractivity contribution in [3.63, 3.8) is 0 Å². The van der Waals surface area contributed by atoms with Gasteiger partial charge in [-0.25, -0.2) is 4.98 Å². The molecule has 2 aliphatic rings. The zero-order valence-electron chi connectivity index (χ0n) is 10.4. The Labute approximate surface area is 103 Å². The third-order valence-corrected chi connectivity index (χ3v) is 4.01. The molecule has 92 valence electrons. The van der Waals surface area contributed by atoms with Crippen LogP contribution in [0.15, 0.2) is 18.3 Å². The van der Waals surface area contributed by atoms with Crippen LogP contribution >= 0.6 is 0 Å². The summed E-state index contributed by atoms with van der Waals surface area (Å²) in [6.07, 6.45) is 7.70. The largest absolute Gasteiger partial charge is 0.385 e. The van der Waals surface area contributed by atoms with Crippen molar-refractivity contribution in [1.82, 2.24) is 4.98 Å². The molecule has 3 nitrogen and oxygen atoms in total. The summed E-state index contributed by atoms with van der Waals surface area (Å²) in [5.41, 5.74) is 1.19. The molecule has 0 unspecified atom stereocenters. The van der Waals surface area contributed by atoms with Gasteiger partial charge < -0.3 is 10.6 Å². The van der Waals surface area contributed by atoms with Crippen LogP contribution in [-0.2, 0) is 0 Å². The Morgan fingerprint density at radius 1 is 1.29 bits per heavy atom. The van der Waals surface area contributed by atoms with E-state index in [1.165, 1.54) is 31.4 Å². The van der Waals surface area contributed by atoms with Gasteiger partial charge in [0.2, 0.25) is 0 Å². The minimum Gasteiger partial charge on any atom is -0.385 e. The van der Waals surface area contributed by atoms with E-state index in [1.807, 2.05) is 13.2 Å². The molecule has 0 amide bonds. The Morgan fingerprint density at radius 2 is 2.00 bits per heavy atom. The van der Waals surface area contributed by atoms with Crippen LogP contribution in [0.25, 0.3) is 0 Å². The first-order chi connectivity index (χ1) is 8.36. The highest BCUT2D eigenvalue weighted by molar-refractivity contribution is 5.51. The van der Waals surface area contributed by atoms with E-state index in [0.717, 1.165) is 30.1 Å². The monoisotopic (exact) mass is 231 g/mol. The summed E-state index contributed by atoms with van der Waals surface area (Å²) in [6, 6.07) is 4.13. The van der Waals surface area contributed by atoms with Crippen molar-refractivity contribution in [3.05, 3.63) is 18.3 Å². The van der Waals surface area contributed by atoms with Crippen LogP contribution < -0.4 is 10.6 Å². The zero-order valence-corrected chi connectivity index (χ0v) is 10.4. The molecule has 2 saturated carbocycles. The molecule has 1 aromatic heterocycles.